The molecule has 148 valence electrons. The van der Waals surface area contributed by atoms with Crippen LogP contribution in [0.25, 0.3) is 10.6 Å². The van der Waals surface area contributed by atoms with Crippen LogP contribution in [0.15, 0.2) is 23.6 Å². The first kappa shape index (κ1) is 21.1. The Bertz CT molecular complexity index is 896. The average Bonchev–Trinajstić information content (AvgIpc) is 3.13. The average molecular weight is 414 g/mol. The van der Waals surface area contributed by atoms with Crippen molar-refractivity contribution in [1.82, 2.24) is 14.6 Å². The van der Waals surface area contributed by atoms with Gasteiger partial charge in [-0.2, -0.15) is 0 Å². The summed E-state index contributed by atoms with van der Waals surface area (Å²) in [7, 11) is 1.43. The van der Waals surface area contributed by atoms with Crippen molar-refractivity contribution in [2.24, 2.45) is 0 Å². The molecule has 0 atom stereocenters. The lowest BCUT2D eigenvalue weighted by molar-refractivity contribution is 0.0948. The molecule has 0 aliphatic rings. The minimum absolute atomic E-state index is 0.292. The van der Waals surface area contributed by atoms with E-state index >= 15 is 0 Å². The lowest BCUT2D eigenvalue weighted by atomic mass is 10.2. The molecule has 2 aromatic rings. The van der Waals surface area contributed by atoms with Crippen molar-refractivity contribution in [2.45, 2.75) is 6.42 Å². The Morgan fingerprint density at radius 2 is 1.96 bits per heavy atom. The highest BCUT2D eigenvalue weighted by Gasteiger charge is 2.14. The van der Waals surface area contributed by atoms with Crippen molar-refractivity contribution in [3.05, 3.63) is 29.3 Å². The van der Waals surface area contributed by atoms with E-state index in [1.54, 1.807) is 31.7 Å². The second-order valence-corrected chi connectivity index (χ2v) is 8.75. The predicted molar refractivity (Wildman–Crippen MR) is 105 cm³/mol. The van der Waals surface area contributed by atoms with Crippen LogP contribution < -0.4 is 14.8 Å². The zero-order valence-corrected chi connectivity index (χ0v) is 17.3. The lowest BCUT2D eigenvalue weighted by Gasteiger charge is -2.13. The number of carbonyl (C=O) groups is 1. The minimum Gasteiger partial charge on any atom is -0.493 e. The van der Waals surface area contributed by atoms with Crippen molar-refractivity contribution in [3.63, 3.8) is 0 Å². The fourth-order valence-corrected chi connectivity index (χ4v) is 3.50. The summed E-state index contributed by atoms with van der Waals surface area (Å²) in [5.41, 5.74) is 1.15. The lowest BCUT2D eigenvalue weighted by Crippen LogP contribution is -2.31. The van der Waals surface area contributed by atoms with E-state index < -0.39 is 10.0 Å². The molecule has 0 radical (unpaired) electrons. The number of nitrogens with zero attached hydrogens (tertiary/aromatic N) is 2. The number of amides is 1. The monoisotopic (exact) mass is 413 g/mol. The zero-order valence-electron chi connectivity index (χ0n) is 15.7. The van der Waals surface area contributed by atoms with E-state index in [1.165, 1.54) is 22.7 Å². The smallest absolute Gasteiger partial charge is 0.270 e. The van der Waals surface area contributed by atoms with Gasteiger partial charge < -0.3 is 14.8 Å². The van der Waals surface area contributed by atoms with E-state index in [0.717, 1.165) is 11.8 Å². The maximum absolute atomic E-state index is 12.2. The number of sulfonamides is 1. The van der Waals surface area contributed by atoms with Gasteiger partial charge in [0.05, 0.1) is 20.5 Å². The third-order valence-electron chi connectivity index (χ3n) is 3.87. The Hall–Kier alpha value is -2.17. The van der Waals surface area contributed by atoms with Crippen molar-refractivity contribution < 1.29 is 22.7 Å². The maximum atomic E-state index is 12.2. The Kier molecular flexibility index (Phi) is 7.17. The molecule has 0 bridgehead atoms. The van der Waals surface area contributed by atoms with Crippen LogP contribution in [-0.4, -0.2) is 64.2 Å². The van der Waals surface area contributed by atoms with Crippen LogP contribution in [0.1, 0.15) is 16.9 Å². The summed E-state index contributed by atoms with van der Waals surface area (Å²) in [5, 5.41) is 5.13. The molecule has 0 aliphatic heterocycles. The summed E-state index contributed by atoms with van der Waals surface area (Å²) in [6, 6.07) is 5.44. The molecule has 0 unspecified atom stereocenters. The van der Waals surface area contributed by atoms with Gasteiger partial charge in [0.15, 0.2) is 11.5 Å². The summed E-state index contributed by atoms with van der Waals surface area (Å²) >= 11 is 1.36. The third-order valence-corrected chi connectivity index (χ3v) is 6.08. The van der Waals surface area contributed by atoms with Crippen LogP contribution in [0.5, 0.6) is 11.5 Å². The molecule has 27 heavy (non-hydrogen) atoms. The molecule has 0 saturated heterocycles. The molecule has 1 amide bonds. The van der Waals surface area contributed by atoms with Gasteiger partial charge in [0, 0.05) is 31.1 Å². The van der Waals surface area contributed by atoms with Gasteiger partial charge in [-0.15, -0.1) is 11.3 Å². The Morgan fingerprint density at radius 1 is 1.26 bits per heavy atom. The molecule has 0 aliphatic carbocycles. The van der Waals surface area contributed by atoms with Gasteiger partial charge in [0.25, 0.3) is 5.91 Å². The highest BCUT2D eigenvalue weighted by molar-refractivity contribution is 7.88. The summed E-state index contributed by atoms with van der Waals surface area (Å²) in [5.74, 6) is 0.918. The molecule has 2 rings (SSSR count). The molecule has 0 fully saturated rings. The summed E-state index contributed by atoms with van der Waals surface area (Å²) in [6.45, 7) is 0.703. The van der Waals surface area contributed by atoms with Gasteiger partial charge in [-0.3, -0.25) is 4.79 Å². The fraction of sp³-hybridized carbons (Fsp3) is 0.412. The van der Waals surface area contributed by atoms with Crippen molar-refractivity contribution >= 4 is 27.3 Å². The number of methoxy groups -OCH3 is 2. The van der Waals surface area contributed by atoms with Crippen LogP contribution in [0.4, 0.5) is 0 Å². The molecule has 1 N–H and O–H groups in total. The Balaban J connectivity index is 1.96. The first-order valence-electron chi connectivity index (χ1n) is 8.13. The number of hydrogen-bond acceptors (Lipinski definition) is 7. The Labute approximate surface area is 163 Å². The minimum atomic E-state index is -3.20. The van der Waals surface area contributed by atoms with Gasteiger partial charge in [0.1, 0.15) is 10.7 Å². The number of ether oxygens (including phenoxy) is 2. The quantitative estimate of drug-likeness (QED) is 0.630. The van der Waals surface area contributed by atoms with Crippen LogP contribution in [-0.2, 0) is 10.0 Å². The number of rotatable bonds is 9. The van der Waals surface area contributed by atoms with Gasteiger partial charge in [0.2, 0.25) is 10.0 Å². The zero-order chi connectivity index (χ0) is 20.0. The van der Waals surface area contributed by atoms with Gasteiger partial charge in [-0.1, -0.05) is 0 Å². The number of hydrogen-bond donors (Lipinski definition) is 1. The number of nitrogens with one attached hydrogen (secondary N) is 1. The fourth-order valence-electron chi connectivity index (χ4n) is 2.24. The summed E-state index contributed by atoms with van der Waals surface area (Å²) in [6.07, 6.45) is 1.67. The van der Waals surface area contributed by atoms with Crippen molar-refractivity contribution in [3.8, 4) is 22.1 Å². The van der Waals surface area contributed by atoms with Gasteiger partial charge in [-0.05, 0) is 24.6 Å². The number of thiazole rings is 1. The second-order valence-electron chi connectivity index (χ2n) is 5.80. The van der Waals surface area contributed by atoms with E-state index in [4.69, 9.17) is 9.47 Å². The second kappa shape index (κ2) is 9.16. The standard InChI is InChI=1S/C17H23N3O5S2/c1-20(27(4,22)23)9-5-8-18-16(21)13-11-26-17(19-13)12-6-7-14(24-2)15(10-12)25-3/h6-7,10-11H,5,8-9H2,1-4H3,(H,18,21). The normalized spacial score (nSPS) is 11.4. The van der Waals surface area contributed by atoms with Crippen LogP contribution in [0, 0.1) is 0 Å². The van der Waals surface area contributed by atoms with Crippen LogP contribution in [0.2, 0.25) is 0 Å². The van der Waals surface area contributed by atoms with E-state index in [0.29, 0.717) is 41.7 Å². The third kappa shape index (κ3) is 5.65. The number of benzene rings is 1. The number of aromatic nitrogens is 1. The highest BCUT2D eigenvalue weighted by Crippen LogP contribution is 2.33. The SMILES string of the molecule is COc1ccc(-c2nc(C(=O)NCCCN(C)S(C)(=O)=O)cs2)cc1OC. The molecule has 0 saturated carbocycles. The molecule has 1 aromatic heterocycles. The summed E-state index contributed by atoms with van der Waals surface area (Å²) < 4.78 is 34.4. The molecule has 1 heterocycles. The first-order chi connectivity index (χ1) is 12.8. The molecule has 8 nitrogen and oxygen atoms in total. The van der Waals surface area contributed by atoms with Crippen LogP contribution >= 0.6 is 11.3 Å². The van der Waals surface area contributed by atoms with Crippen molar-refractivity contribution in [1.29, 1.82) is 0 Å². The maximum Gasteiger partial charge on any atom is 0.270 e. The number of carbonyl (C=O) groups excluding carboxylic acids is 1. The molecule has 1 aromatic carbocycles. The molecule has 0 spiro atoms. The molecular weight excluding hydrogens is 390 g/mol. The van der Waals surface area contributed by atoms with Crippen molar-refractivity contribution in [2.75, 3.05) is 40.6 Å². The molecule has 10 heteroatoms. The van der Waals surface area contributed by atoms with E-state index in [1.807, 2.05) is 6.07 Å². The van der Waals surface area contributed by atoms with Gasteiger partial charge >= 0.3 is 0 Å². The largest absolute Gasteiger partial charge is 0.493 e. The van der Waals surface area contributed by atoms with Gasteiger partial charge in [-0.25, -0.2) is 17.7 Å². The Morgan fingerprint density at radius 3 is 2.59 bits per heavy atom. The topological polar surface area (TPSA) is 97.8 Å². The van der Waals surface area contributed by atoms with E-state index in [9.17, 15) is 13.2 Å². The first-order valence-corrected chi connectivity index (χ1v) is 10.9. The van der Waals surface area contributed by atoms with E-state index in [-0.39, 0.29) is 5.91 Å². The van der Waals surface area contributed by atoms with Crippen LogP contribution in [0.3, 0.4) is 0 Å². The highest BCUT2D eigenvalue weighted by atomic mass is 32.2. The predicted octanol–water partition coefficient (Wildman–Crippen LogP) is 1.84. The molecular formula is C17H23N3O5S2. The van der Waals surface area contributed by atoms with E-state index in [2.05, 4.69) is 10.3 Å². The summed E-state index contributed by atoms with van der Waals surface area (Å²) in [4.78, 5) is 16.6.